The molecule has 0 aliphatic heterocycles. The van der Waals surface area contributed by atoms with Gasteiger partial charge in [-0.25, -0.2) is 0 Å². The van der Waals surface area contributed by atoms with Gasteiger partial charge in [-0.05, 0) is 43.9 Å². The molecule has 1 aromatic rings. The molecule has 0 aliphatic carbocycles. The second kappa shape index (κ2) is 8.21. The molecule has 0 spiro atoms. The van der Waals surface area contributed by atoms with Crippen molar-refractivity contribution < 1.29 is 4.74 Å². The second-order valence-electron chi connectivity index (χ2n) is 3.76. The number of hydrogen-bond acceptors (Lipinski definition) is 4. The maximum atomic E-state index is 5.53. The summed E-state index contributed by atoms with van der Waals surface area (Å²) in [5, 5.41) is 0. The Morgan fingerprint density at radius 2 is 2.19 bits per heavy atom. The molecule has 90 valence electrons. The summed E-state index contributed by atoms with van der Waals surface area (Å²) in [6, 6.07) is 4.35. The zero-order chi connectivity index (χ0) is 11.6. The minimum atomic E-state index is 0.308. The van der Waals surface area contributed by atoms with Gasteiger partial charge in [0.2, 0.25) is 0 Å². The molecule has 0 saturated carbocycles. The molecule has 0 amide bonds. The van der Waals surface area contributed by atoms with Gasteiger partial charge < -0.3 is 4.74 Å². The summed E-state index contributed by atoms with van der Waals surface area (Å²) in [4.78, 5) is 3.99. The van der Waals surface area contributed by atoms with E-state index in [4.69, 9.17) is 10.6 Å². The molecule has 1 rings (SSSR count). The van der Waals surface area contributed by atoms with Gasteiger partial charge in [0.05, 0.1) is 0 Å². The number of hydrogen-bond donors (Lipinski definition) is 2. The van der Waals surface area contributed by atoms with Crippen LogP contribution in [0.4, 0.5) is 0 Å². The van der Waals surface area contributed by atoms with E-state index in [1.54, 1.807) is 0 Å². The first-order valence-corrected chi connectivity index (χ1v) is 5.79. The van der Waals surface area contributed by atoms with Crippen LogP contribution >= 0.6 is 0 Å². The van der Waals surface area contributed by atoms with Gasteiger partial charge in [-0.2, -0.15) is 0 Å². The highest BCUT2D eigenvalue weighted by Gasteiger charge is 2.07. The number of nitrogens with one attached hydrogen (secondary N) is 1. The van der Waals surface area contributed by atoms with Gasteiger partial charge in [0, 0.05) is 31.6 Å². The van der Waals surface area contributed by atoms with Crippen LogP contribution in [0, 0.1) is 0 Å². The van der Waals surface area contributed by atoms with Gasteiger partial charge in [0.1, 0.15) is 0 Å². The van der Waals surface area contributed by atoms with Crippen molar-refractivity contribution in [3.05, 3.63) is 30.1 Å². The molecule has 1 unspecified atom stereocenters. The summed E-state index contributed by atoms with van der Waals surface area (Å²) in [5.41, 5.74) is 4.11. The molecule has 3 N–H and O–H groups in total. The first-order chi connectivity index (χ1) is 7.86. The van der Waals surface area contributed by atoms with Crippen molar-refractivity contribution in [2.24, 2.45) is 5.84 Å². The lowest BCUT2D eigenvalue weighted by Gasteiger charge is -2.15. The highest BCUT2D eigenvalue weighted by Crippen LogP contribution is 2.06. The van der Waals surface area contributed by atoms with Crippen LogP contribution < -0.4 is 11.3 Å². The summed E-state index contributed by atoms with van der Waals surface area (Å²) >= 11 is 0. The molecular formula is C12H21N3O. The minimum absolute atomic E-state index is 0.308. The summed E-state index contributed by atoms with van der Waals surface area (Å²) in [7, 11) is 0. The Morgan fingerprint density at radius 3 is 2.81 bits per heavy atom. The van der Waals surface area contributed by atoms with Crippen LogP contribution in [0.5, 0.6) is 0 Å². The molecule has 0 fully saturated rings. The van der Waals surface area contributed by atoms with Gasteiger partial charge in [-0.1, -0.05) is 0 Å². The zero-order valence-electron chi connectivity index (χ0n) is 9.86. The fraction of sp³-hybridized carbons (Fsp3) is 0.583. The van der Waals surface area contributed by atoms with Crippen molar-refractivity contribution >= 4 is 0 Å². The van der Waals surface area contributed by atoms with Crippen LogP contribution in [0.25, 0.3) is 0 Å². The summed E-state index contributed by atoms with van der Waals surface area (Å²) in [6.45, 7) is 3.60. The standard InChI is InChI=1S/C12H21N3O/c1-2-16-9-3-4-12(15-13)10-11-5-7-14-8-6-11/h5-8,12,15H,2-4,9-10,13H2,1H3. The van der Waals surface area contributed by atoms with Crippen molar-refractivity contribution in [3.63, 3.8) is 0 Å². The molecule has 4 heteroatoms. The van der Waals surface area contributed by atoms with Crippen molar-refractivity contribution in [2.45, 2.75) is 32.2 Å². The monoisotopic (exact) mass is 223 g/mol. The SMILES string of the molecule is CCOCCCC(Cc1ccncc1)NN. The minimum Gasteiger partial charge on any atom is -0.382 e. The molecule has 0 radical (unpaired) electrons. The number of aromatic nitrogens is 1. The van der Waals surface area contributed by atoms with Crippen LogP contribution in [0.15, 0.2) is 24.5 Å². The average Bonchev–Trinajstić information content (AvgIpc) is 2.34. The third-order valence-electron chi connectivity index (χ3n) is 2.51. The fourth-order valence-corrected chi connectivity index (χ4v) is 1.62. The summed E-state index contributed by atoms with van der Waals surface area (Å²) in [5.74, 6) is 5.53. The number of nitrogens with zero attached hydrogens (tertiary/aromatic N) is 1. The predicted molar refractivity (Wildman–Crippen MR) is 64.8 cm³/mol. The largest absolute Gasteiger partial charge is 0.382 e. The van der Waals surface area contributed by atoms with E-state index >= 15 is 0 Å². The summed E-state index contributed by atoms with van der Waals surface area (Å²) < 4.78 is 5.30. The summed E-state index contributed by atoms with van der Waals surface area (Å²) in [6.07, 6.45) is 6.62. The molecular weight excluding hydrogens is 202 g/mol. The highest BCUT2D eigenvalue weighted by atomic mass is 16.5. The van der Waals surface area contributed by atoms with E-state index in [1.165, 1.54) is 5.56 Å². The molecule has 1 atom stereocenters. The molecule has 0 bridgehead atoms. The number of hydrazine groups is 1. The quantitative estimate of drug-likeness (QED) is 0.396. The van der Waals surface area contributed by atoms with Gasteiger partial charge in [0.15, 0.2) is 0 Å². The highest BCUT2D eigenvalue weighted by molar-refractivity contribution is 5.11. The number of nitrogens with two attached hydrogens (primary N) is 1. The van der Waals surface area contributed by atoms with Gasteiger partial charge in [-0.3, -0.25) is 16.3 Å². The van der Waals surface area contributed by atoms with Crippen LogP contribution in [0.2, 0.25) is 0 Å². The maximum absolute atomic E-state index is 5.53. The van der Waals surface area contributed by atoms with Crippen LogP contribution in [0.1, 0.15) is 25.3 Å². The van der Waals surface area contributed by atoms with E-state index in [0.29, 0.717) is 6.04 Å². The number of pyridine rings is 1. The first-order valence-electron chi connectivity index (χ1n) is 5.79. The third kappa shape index (κ3) is 5.21. The smallest absolute Gasteiger partial charge is 0.0466 e. The van der Waals surface area contributed by atoms with Crippen LogP contribution in [-0.2, 0) is 11.2 Å². The lowest BCUT2D eigenvalue weighted by Crippen LogP contribution is -2.36. The Hall–Kier alpha value is -0.970. The van der Waals surface area contributed by atoms with Crippen molar-refractivity contribution in [2.75, 3.05) is 13.2 Å². The number of ether oxygens (including phenoxy) is 1. The lowest BCUT2D eigenvalue weighted by atomic mass is 10.0. The van der Waals surface area contributed by atoms with Gasteiger partial charge in [-0.15, -0.1) is 0 Å². The number of rotatable bonds is 8. The Morgan fingerprint density at radius 1 is 1.44 bits per heavy atom. The van der Waals surface area contributed by atoms with E-state index in [9.17, 15) is 0 Å². The molecule has 0 saturated heterocycles. The fourth-order valence-electron chi connectivity index (χ4n) is 1.62. The van der Waals surface area contributed by atoms with Crippen LogP contribution in [0.3, 0.4) is 0 Å². The average molecular weight is 223 g/mol. The normalized spacial score (nSPS) is 12.6. The molecule has 0 aliphatic rings. The Bertz CT molecular complexity index is 266. The lowest BCUT2D eigenvalue weighted by molar-refractivity contribution is 0.140. The van der Waals surface area contributed by atoms with E-state index in [1.807, 2.05) is 31.5 Å². The van der Waals surface area contributed by atoms with E-state index in [2.05, 4.69) is 10.4 Å². The molecule has 1 heterocycles. The van der Waals surface area contributed by atoms with Crippen molar-refractivity contribution in [1.82, 2.24) is 10.4 Å². The molecule has 1 aromatic heterocycles. The van der Waals surface area contributed by atoms with Gasteiger partial charge in [0.25, 0.3) is 0 Å². The molecule has 0 aromatic carbocycles. The van der Waals surface area contributed by atoms with Crippen molar-refractivity contribution in [3.8, 4) is 0 Å². The van der Waals surface area contributed by atoms with Gasteiger partial charge >= 0.3 is 0 Å². The van der Waals surface area contributed by atoms with E-state index in [0.717, 1.165) is 32.5 Å². The second-order valence-corrected chi connectivity index (χ2v) is 3.76. The molecule has 16 heavy (non-hydrogen) atoms. The Labute approximate surface area is 97.2 Å². The van der Waals surface area contributed by atoms with Crippen molar-refractivity contribution in [1.29, 1.82) is 0 Å². The topological polar surface area (TPSA) is 60.2 Å². The zero-order valence-corrected chi connectivity index (χ0v) is 9.86. The predicted octanol–water partition coefficient (Wildman–Crippen LogP) is 1.27. The maximum Gasteiger partial charge on any atom is 0.0466 e. The van der Waals surface area contributed by atoms with Crippen LogP contribution in [-0.4, -0.2) is 24.2 Å². The van der Waals surface area contributed by atoms with E-state index in [-0.39, 0.29) is 0 Å². The molecule has 4 nitrogen and oxygen atoms in total. The van der Waals surface area contributed by atoms with E-state index < -0.39 is 0 Å². The Balaban J connectivity index is 2.26. The third-order valence-corrected chi connectivity index (χ3v) is 2.51. The first kappa shape index (κ1) is 13.1. The Kier molecular flexibility index (Phi) is 6.72.